The van der Waals surface area contributed by atoms with E-state index in [0.717, 1.165) is 26.2 Å². The topological polar surface area (TPSA) is 21.3 Å². The zero-order valence-electron chi connectivity index (χ0n) is 11.0. The molecule has 3 rings (SSSR count). The number of benzene rings is 2. The van der Waals surface area contributed by atoms with Gasteiger partial charge in [0.1, 0.15) is 0 Å². The summed E-state index contributed by atoms with van der Waals surface area (Å²) >= 11 is 0. The maximum absolute atomic E-state index is 5.47. The highest BCUT2D eigenvalue weighted by Crippen LogP contribution is 2.35. The molecule has 1 saturated heterocycles. The molecule has 1 N–H and O–H groups in total. The lowest BCUT2D eigenvalue weighted by Crippen LogP contribution is -2.47. The predicted molar refractivity (Wildman–Crippen MR) is 78.5 cm³/mol. The van der Waals surface area contributed by atoms with E-state index in [1.165, 1.54) is 11.3 Å². The summed E-state index contributed by atoms with van der Waals surface area (Å²) in [6.45, 7) is 2.66. The van der Waals surface area contributed by atoms with Crippen molar-refractivity contribution >= 4 is 5.69 Å². The minimum Gasteiger partial charge on any atom is -0.385 e. The van der Waals surface area contributed by atoms with Crippen LogP contribution in [-0.2, 0) is 10.2 Å². The van der Waals surface area contributed by atoms with Crippen molar-refractivity contribution in [2.24, 2.45) is 0 Å². The Labute approximate surface area is 114 Å². The largest absolute Gasteiger partial charge is 0.385 e. The third-order valence-electron chi connectivity index (χ3n) is 3.85. The van der Waals surface area contributed by atoms with E-state index in [-0.39, 0.29) is 5.41 Å². The number of rotatable bonds is 5. The summed E-state index contributed by atoms with van der Waals surface area (Å²) < 4.78 is 5.47. The summed E-state index contributed by atoms with van der Waals surface area (Å²) in [4.78, 5) is 0. The zero-order chi connectivity index (χ0) is 13.0. The molecule has 1 fully saturated rings. The van der Waals surface area contributed by atoms with E-state index < -0.39 is 0 Å². The van der Waals surface area contributed by atoms with Gasteiger partial charge in [-0.25, -0.2) is 0 Å². The van der Waals surface area contributed by atoms with Crippen molar-refractivity contribution in [3.05, 3.63) is 66.2 Å². The van der Waals surface area contributed by atoms with E-state index in [1.807, 2.05) is 6.07 Å². The van der Waals surface area contributed by atoms with Crippen molar-refractivity contribution < 1.29 is 4.74 Å². The third kappa shape index (κ3) is 2.64. The minimum absolute atomic E-state index is 0.211. The zero-order valence-corrected chi connectivity index (χ0v) is 11.0. The lowest BCUT2D eigenvalue weighted by molar-refractivity contribution is -0.0626. The van der Waals surface area contributed by atoms with Crippen LogP contribution < -0.4 is 5.32 Å². The number of hydrogen-bond acceptors (Lipinski definition) is 2. The molecule has 0 spiro atoms. The van der Waals surface area contributed by atoms with Gasteiger partial charge in [-0.1, -0.05) is 48.5 Å². The Bertz CT molecular complexity index is 505. The molecule has 1 heterocycles. The molecular formula is C17H19NO. The van der Waals surface area contributed by atoms with Crippen LogP contribution >= 0.6 is 0 Å². The van der Waals surface area contributed by atoms with Crippen molar-refractivity contribution in [1.82, 2.24) is 0 Å². The highest BCUT2D eigenvalue weighted by Gasteiger charge is 2.39. The van der Waals surface area contributed by atoms with Crippen LogP contribution in [0.4, 0.5) is 5.69 Å². The molecule has 0 radical (unpaired) electrons. The Morgan fingerprint density at radius 1 is 0.895 bits per heavy atom. The molecule has 0 atom stereocenters. The highest BCUT2D eigenvalue weighted by atomic mass is 16.5. The first-order valence-electron chi connectivity index (χ1n) is 6.81. The Morgan fingerprint density at radius 3 is 2.11 bits per heavy atom. The SMILES string of the molecule is c1ccc(NCCC2(c3ccccc3)COC2)cc1. The molecule has 0 amide bonds. The first-order valence-corrected chi connectivity index (χ1v) is 6.81. The first-order chi connectivity index (χ1) is 9.39. The molecule has 0 aromatic heterocycles. The Kier molecular flexibility index (Phi) is 3.51. The maximum Gasteiger partial charge on any atom is 0.0586 e. The van der Waals surface area contributed by atoms with Crippen molar-refractivity contribution in [2.45, 2.75) is 11.8 Å². The van der Waals surface area contributed by atoms with Crippen LogP contribution in [0.5, 0.6) is 0 Å². The van der Waals surface area contributed by atoms with Crippen LogP contribution in [0.15, 0.2) is 60.7 Å². The van der Waals surface area contributed by atoms with E-state index in [1.54, 1.807) is 0 Å². The van der Waals surface area contributed by atoms with Crippen molar-refractivity contribution in [3.8, 4) is 0 Å². The van der Waals surface area contributed by atoms with Gasteiger partial charge in [-0.3, -0.25) is 0 Å². The fraction of sp³-hybridized carbons (Fsp3) is 0.294. The quantitative estimate of drug-likeness (QED) is 0.881. The van der Waals surface area contributed by atoms with Crippen LogP contribution in [0.1, 0.15) is 12.0 Å². The fourth-order valence-corrected chi connectivity index (χ4v) is 2.60. The van der Waals surface area contributed by atoms with Crippen molar-refractivity contribution in [1.29, 1.82) is 0 Å². The molecule has 0 aliphatic carbocycles. The van der Waals surface area contributed by atoms with Crippen LogP contribution in [0, 0.1) is 0 Å². The molecule has 2 nitrogen and oxygen atoms in total. The van der Waals surface area contributed by atoms with Gasteiger partial charge in [0.2, 0.25) is 0 Å². The molecule has 2 heteroatoms. The van der Waals surface area contributed by atoms with E-state index in [2.05, 4.69) is 59.9 Å². The van der Waals surface area contributed by atoms with Gasteiger partial charge in [0.25, 0.3) is 0 Å². The molecule has 0 bridgehead atoms. The first kappa shape index (κ1) is 12.2. The van der Waals surface area contributed by atoms with Gasteiger partial charge < -0.3 is 10.1 Å². The second kappa shape index (κ2) is 5.45. The molecule has 1 aliphatic rings. The van der Waals surface area contributed by atoms with E-state index in [0.29, 0.717) is 0 Å². The number of para-hydroxylation sites is 1. The Balaban J connectivity index is 1.62. The summed E-state index contributed by atoms with van der Waals surface area (Å²) in [5.74, 6) is 0. The molecule has 19 heavy (non-hydrogen) atoms. The van der Waals surface area contributed by atoms with Crippen LogP contribution in [0.2, 0.25) is 0 Å². The van der Waals surface area contributed by atoms with Crippen molar-refractivity contribution in [2.75, 3.05) is 25.1 Å². The molecule has 2 aromatic rings. The minimum atomic E-state index is 0.211. The smallest absolute Gasteiger partial charge is 0.0586 e. The predicted octanol–water partition coefficient (Wildman–Crippen LogP) is 3.46. The number of ether oxygens (including phenoxy) is 1. The number of nitrogens with one attached hydrogen (secondary N) is 1. The summed E-state index contributed by atoms with van der Waals surface area (Å²) in [6, 6.07) is 21.1. The van der Waals surface area contributed by atoms with Crippen LogP contribution in [0.3, 0.4) is 0 Å². The van der Waals surface area contributed by atoms with Gasteiger partial charge in [-0.2, -0.15) is 0 Å². The summed E-state index contributed by atoms with van der Waals surface area (Å²) in [5, 5.41) is 3.48. The van der Waals surface area contributed by atoms with Crippen LogP contribution in [-0.4, -0.2) is 19.8 Å². The molecule has 2 aromatic carbocycles. The van der Waals surface area contributed by atoms with Crippen LogP contribution in [0.25, 0.3) is 0 Å². The van der Waals surface area contributed by atoms with Gasteiger partial charge in [-0.05, 0) is 24.1 Å². The summed E-state index contributed by atoms with van der Waals surface area (Å²) in [7, 11) is 0. The maximum atomic E-state index is 5.47. The lowest BCUT2D eigenvalue weighted by Gasteiger charge is -2.42. The fourth-order valence-electron chi connectivity index (χ4n) is 2.60. The second-order valence-corrected chi connectivity index (χ2v) is 5.18. The summed E-state index contributed by atoms with van der Waals surface area (Å²) in [5.41, 5.74) is 2.80. The molecule has 0 unspecified atom stereocenters. The molecule has 0 saturated carbocycles. The Hall–Kier alpha value is -1.80. The van der Waals surface area contributed by atoms with Gasteiger partial charge in [0.15, 0.2) is 0 Å². The van der Waals surface area contributed by atoms with E-state index in [4.69, 9.17) is 4.74 Å². The monoisotopic (exact) mass is 253 g/mol. The Morgan fingerprint density at radius 2 is 1.53 bits per heavy atom. The molecule has 98 valence electrons. The lowest BCUT2D eigenvalue weighted by atomic mass is 9.76. The molecular weight excluding hydrogens is 234 g/mol. The average Bonchev–Trinajstić information content (AvgIpc) is 2.44. The molecule has 1 aliphatic heterocycles. The van der Waals surface area contributed by atoms with E-state index in [9.17, 15) is 0 Å². The number of hydrogen-bond donors (Lipinski definition) is 1. The van der Waals surface area contributed by atoms with E-state index >= 15 is 0 Å². The second-order valence-electron chi connectivity index (χ2n) is 5.18. The van der Waals surface area contributed by atoms with Gasteiger partial charge in [-0.15, -0.1) is 0 Å². The average molecular weight is 253 g/mol. The standard InChI is InChI=1S/C17H19NO/c1-3-7-15(8-4-1)17(13-19-14-17)11-12-18-16-9-5-2-6-10-16/h1-10,18H,11-14H2. The highest BCUT2D eigenvalue weighted by molar-refractivity contribution is 5.42. The summed E-state index contributed by atoms with van der Waals surface area (Å²) in [6.07, 6.45) is 1.10. The van der Waals surface area contributed by atoms with Gasteiger partial charge >= 0.3 is 0 Å². The van der Waals surface area contributed by atoms with Gasteiger partial charge in [0.05, 0.1) is 13.2 Å². The third-order valence-corrected chi connectivity index (χ3v) is 3.85. The number of anilines is 1. The van der Waals surface area contributed by atoms with Crippen molar-refractivity contribution in [3.63, 3.8) is 0 Å². The van der Waals surface area contributed by atoms with Gasteiger partial charge in [0, 0.05) is 17.6 Å². The normalized spacial score (nSPS) is 16.6.